The lowest BCUT2D eigenvalue weighted by Gasteiger charge is -2.39. The zero-order valence-electron chi connectivity index (χ0n) is 13.2. The van der Waals surface area contributed by atoms with E-state index >= 15 is 0 Å². The van der Waals surface area contributed by atoms with Gasteiger partial charge in [0.25, 0.3) is 0 Å². The largest absolute Gasteiger partial charge is 0.393 e. The first-order valence-corrected chi connectivity index (χ1v) is 8.51. The smallest absolute Gasteiger partial charge is 0.244 e. The second-order valence-corrected chi connectivity index (χ2v) is 6.47. The monoisotopic (exact) mass is 302 g/mol. The Bertz CT molecular complexity index is 477. The number of likely N-dealkylation sites (tertiary alicyclic amines) is 2. The van der Waals surface area contributed by atoms with Crippen LogP contribution in [-0.2, 0) is 4.79 Å². The molecule has 0 bridgehead atoms. The van der Waals surface area contributed by atoms with E-state index in [9.17, 15) is 9.90 Å². The highest BCUT2D eigenvalue weighted by Gasteiger charge is 2.33. The number of carbonyl (C=O) groups excluding carboxylic acids is 1. The minimum Gasteiger partial charge on any atom is -0.393 e. The molecule has 0 saturated carbocycles. The van der Waals surface area contributed by atoms with Crippen molar-refractivity contribution in [2.75, 3.05) is 26.2 Å². The number of hydrogen-bond donors (Lipinski definition) is 1. The molecule has 2 aliphatic heterocycles. The van der Waals surface area contributed by atoms with Crippen LogP contribution in [-0.4, -0.2) is 53.1 Å². The van der Waals surface area contributed by atoms with Crippen molar-refractivity contribution in [2.45, 2.75) is 44.2 Å². The van der Waals surface area contributed by atoms with E-state index in [4.69, 9.17) is 0 Å². The minimum absolute atomic E-state index is 0.188. The van der Waals surface area contributed by atoms with Crippen LogP contribution in [0.25, 0.3) is 0 Å². The average Bonchev–Trinajstić information content (AvgIpc) is 2.58. The molecule has 120 valence electrons. The Morgan fingerprint density at radius 1 is 1.00 bits per heavy atom. The van der Waals surface area contributed by atoms with Crippen LogP contribution in [0.2, 0.25) is 0 Å². The SMILES string of the molecule is O=C([C@@H](c1ccccc1)N1CCC(O)CC1)N1CCCCC1. The maximum atomic E-state index is 13.1. The van der Waals surface area contributed by atoms with Gasteiger partial charge in [-0.3, -0.25) is 9.69 Å². The Morgan fingerprint density at radius 2 is 1.64 bits per heavy atom. The topological polar surface area (TPSA) is 43.8 Å². The number of amides is 1. The van der Waals surface area contributed by atoms with Gasteiger partial charge in [0.1, 0.15) is 6.04 Å². The standard InChI is InChI=1S/C18H26N2O2/c21-16-9-13-19(14-10-16)17(15-7-3-1-4-8-15)18(22)20-11-5-2-6-12-20/h1,3-4,7-8,16-17,21H,2,5-6,9-14H2/t17-/m1/s1. The van der Waals surface area contributed by atoms with Crippen molar-refractivity contribution < 1.29 is 9.90 Å². The van der Waals surface area contributed by atoms with Crippen LogP contribution in [0.15, 0.2) is 30.3 Å². The molecule has 2 saturated heterocycles. The zero-order valence-corrected chi connectivity index (χ0v) is 13.2. The number of carbonyl (C=O) groups is 1. The molecule has 4 heteroatoms. The first kappa shape index (κ1) is 15.5. The Morgan fingerprint density at radius 3 is 2.27 bits per heavy atom. The predicted molar refractivity (Wildman–Crippen MR) is 86.4 cm³/mol. The highest BCUT2D eigenvalue weighted by Crippen LogP contribution is 2.28. The van der Waals surface area contributed by atoms with E-state index in [-0.39, 0.29) is 18.1 Å². The van der Waals surface area contributed by atoms with Crippen molar-refractivity contribution in [2.24, 2.45) is 0 Å². The third kappa shape index (κ3) is 3.50. The van der Waals surface area contributed by atoms with Crippen LogP contribution < -0.4 is 0 Å². The summed E-state index contributed by atoms with van der Waals surface area (Å²) < 4.78 is 0. The second-order valence-electron chi connectivity index (χ2n) is 6.47. The van der Waals surface area contributed by atoms with Crippen LogP contribution in [0.5, 0.6) is 0 Å². The molecular weight excluding hydrogens is 276 g/mol. The van der Waals surface area contributed by atoms with Crippen molar-refractivity contribution in [3.8, 4) is 0 Å². The molecule has 0 aromatic heterocycles. The van der Waals surface area contributed by atoms with Crippen LogP contribution >= 0.6 is 0 Å². The van der Waals surface area contributed by atoms with E-state index in [0.717, 1.165) is 57.4 Å². The molecule has 1 N–H and O–H groups in total. The number of nitrogens with zero attached hydrogens (tertiary/aromatic N) is 2. The third-order valence-electron chi connectivity index (χ3n) is 4.88. The second kappa shape index (κ2) is 7.25. The number of benzene rings is 1. The van der Waals surface area contributed by atoms with Crippen molar-refractivity contribution in [3.05, 3.63) is 35.9 Å². The van der Waals surface area contributed by atoms with Crippen molar-refractivity contribution in [1.82, 2.24) is 9.80 Å². The van der Waals surface area contributed by atoms with Gasteiger partial charge in [-0.1, -0.05) is 30.3 Å². The molecule has 0 unspecified atom stereocenters. The van der Waals surface area contributed by atoms with Crippen LogP contribution in [0.3, 0.4) is 0 Å². The minimum atomic E-state index is -0.210. The Kier molecular flexibility index (Phi) is 5.11. The van der Waals surface area contributed by atoms with Crippen molar-refractivity contribution >= 4 is 5.91 Å². The summed E-state index contributed by atoms with van der Waals surface area (Å²) in [4.78, 5) is 17.4. The molecule has 1 aromatic carbocycles. The van der Waals surface area contributed by atoms with Crippen molar-refractivity contribution in [1.29, 1.82) is 0 Å². The summed E-state index contributed by atoms with van der Waals surface area (Å²) in [7, 11) is 0. The van der Waals surface area contributed by atoms with E-state index in [1.54, 1.807) is 0 Å². The maximum Gasteiger partial charge on any atom is 0.244 e. The fraction of sp³-hybridized carbons (Fsp3) is 0.611. The van der Waals surface area contributed by atoms with E-state index in [0.29, 0.717) is 0 Å². The van der Waals surface area contributed by atoms with Gasteiger partial charge < -0.3 is 10.0 Å². The van der Waals surface area contributed by atoms with Crippen LogP contribution in [0, 0.1) is 0 Å². The molecule has 2 heterocycles. The zero-order chi connectivity index (χ0) is 15.4. The summed E-state index contributed by atoms with van der Waals surface area (Å²) in [5, 5.41) is 9.74. The predicted octanol–water partition coefficient (Wildman–Crippen LogP) is 2.20. The number of hydrogen-bond acceptors (Lipinski definition) is 3. The van der Waals surface area contributed by atoms with Gasteiger partial charge in [0.2, 0.25) is 5.91 Å². The van der Waals surface area contributed by atoms with E-state index in [1.807, 2.05) is 23.1 Å². The number of aliphatic hydroxyl groups excluding tert-OH is 1. The van der Waals surface area contributed by atoms with E-state index in [1.165, 1.54) is 6.42 Å². The molecule has 2 fully saturated rings. The summed E-state index contributed by atoms with van der Waals surface area (Å²) in [6.07, 6.45) is 4.78. The molecule has 22 heavy (non-hydrogen) atoms. The fourth-order valence-corrected chi connectivity index (χ4v) is 3.58. The number of rotatable bonds is 3. The number of aliphatic hydroxyl groups is 1. The average molecular weight is 302 g/mol. The van der Waals surface area contributed by atoms with E-state index in [2.05, 4.69) is 17.0 Å². The lowest BCUT2D eigenvalue weighted by atomic mass is 9.98. The summed E-state index contributed by atoms with van der Waals surface area (Å²) in [5.74, 6) is 0.238. The molecule has 1 aromatic rings. The molecular formula is C18H26N2O2. The lowest BCUT2D eigenvalue weighted by Crippen LogP contribution is -2.47. The maximum absolute atomic E-state index is 13.1. The van der Waals surface area contributed by atoms with Crippen LogP contribution in [0.1, 0.15) is 43.7 Å². The highest BCUT2D eigenvalue weighted by molar-refractivity contribution is 5.83. The number of piperidine rings is 2. The van der Waals surface area contributed by atoms with Gasteiger partial charge in [-0.05, 0) is 37.7 Å². The summed E-state index contributed by atoms with van der Waals surface area (Å²) >= 11 is 0. The molecule has 3 rings (SSSR count). The van der Waals surface area contributed by atoms with Gasteiger partial charge in [0.15, 0.2) is 0 Å². The first-order chi connectivity index (χ1) is 10.8. The molecule has 0 aliphatic carbocycles. The lowest BCUT2D eigenvalue weighted by molar-refractivity contribution is -0.139. The summed E-state index contributed by atoms with van der Waals surface area (Å²) in [5.41, 5.74) is 1.08. The Balaban J connectivity index is 1.81. The van der Waals surface area contributed by atoms with Crippen LogP contribution in [0.4, 0.5) is 0 Å². The molecule has 4 nitrogen and oxygen atoms in total. The molecule has 0 radical (unpaired) electrons. The molecule has 2 aliphatic rings. The van der Waals surface area contributed by atoms with Gasteiger partial charge >= 0.3 is 0 Å². The fourth-order valence-electron chi connectivity index (χ4n) is 3.58. The first-order valence-electron chi connectivity index (χ1n) is 8.51. The van der Waals surface area contributed by atoms with Gasteiger partial charge in [-0.2, -0.15) is 0 Å². The Hall–Kier alpha value is -1.39. The molecule has 1 atom stereocenters. The summed E-state index contributed by atoms with van der Waals surface area (Å²) in [6.45, 7) is 3.36. The Labute approximate surface area is 132 Å². The quantitative estimate of drug-likeness (QED) is 0.931. The van der Waals surface area contributed by atoms with Gasteiger partial charge in [-0.25, -0.2) is 0 Å². The van der Waals surface area contributed by atoms with Gasteiger partial charge in [0, 0.05) is 26.2 Å². The highest BCUT2D eigenvalue weighted by atomic mass is 16.3. The van der Waals surface area contributed by atoms with Crippen molar-refractivity contribution in [3.63, 3.8) is 0 Å². The van der Waals surface area contributed by atoms with Gasteiger partial charge in [0.05, 0.1) is 6.10 Å². The summed E-state index contributed by atoms with van der Waals surface area (Å²) in [6, 6.07) is 9.92. The molecule has 0 spiro atoms. The third-order valence-corrected chi connectivity index (χ3v) is 4.88. The van der Waals surface area contributed by atoms with Gasteiger partial charge in [-0.15, -0.1) is 0 Å². The van der Waals surface area contributed by atoms with E-state index < -0.39 is 0 Å². The normalized spacial score (nSPS) is 22.5. The molecule has 1 amide bonds.